The van der Waals surface area contributed by atoms with Crippen molar-refractivity contribution in [3.8, 4) is 11.5 Å². The largest absolute Gasteiger partial charge is 0.454 e. The maximum atomic E-state index is 11.9. The fourth-order valence-electron chi connectivity index (χ4n) is 2.10. The molecule has 1 heterocycles. The molecule has 0 saturated heterocycles. The maximum Gasteiger partial charge on any atom is 0.331 e. The van der Waals surface area contributed by atoms with Crippen molar-refractivity contribution in [1.29, 1.82) is 0 Å². The van der Waals surface area contributed by atoms with Crippen LogP contribution in [0.1, 0.15) is 19.4 Å². The molecule has 0 aromatic heterocycles. The summed E-state index contributed by atoms with van der Waals surface area (Å²) in [6, 6.07) is 2.23. The van der Waals surface area contributed by atoms with E-state index in [0.29, 0.717) is 22.1 Å². The van der Waals surface area contributed by atoms with Gasteiger partial charge in [-0.1, -0.05) is 25.4 Å². The van der Waals surface area contributed by atoms with Gasteiger partial charge in [0.25, 0.3) is 5.91 Å². The number of hydrogen-bond donors (Lipinski definition) is 2. The second kappa shape index (κ2) is 7.89. The zero-order valence-corrected chi connectivity index (χ0v) is 14.3. The molecular weight excluding hydrogens is 352 g/mol. The summed E-state index contributed by atoms with van der Waals surface area (Å²) >= 11 is 6.05. The molecule has 1 aromatic carbocycles. The Bertz CT molecular complexity index is 732. The summed E-state index contributed by atoms with van der Waals surface area (Å²) in [5.41, 5.74) is 5.49. The van der Waals surface area contributed by atoms with Crippen molar-refractivity contribution in [2.24, 2.45) is 11.7 Å². The van der Waals surface area contributed by atoms with E-state index in [1.165, 1.54) is 6.08 Å². The summed E-state index contributed by atoms with van der Waals surface area (Å²) in [5, 5.41) is 2.24. The fourth-order valence-corrected chi connectivity index (χ4v) is 2.37. The number of nitrogens with one attached hydrogen (secondary N) is 1. The zero-order valence-electron chi connectivity index (χ0n) is 13.6. The van der Waals surface area contributed by atoms with Crippen molar-refractivity contribution < 1.29 is 28.6 Å². The van der Waals surface area contributed by atoms with Crippen LogP contribution in [0.15, 0.2) is 18.2 Å². The van der Waals surface area contributed by atoms with E-state index in [1.807, 2.05) is 5.32 Å². The molecule has 0 spiro atoms. The summed E-state index contributed by atoms with van der Waals surface area (Å²) in [7, 11) is 0. The van der Waals surface area contributed by atoms with Gasteiger partial charge >= 0.3 is 12.0 Å². The van der Waals surface area contributed by atoms with Crippen molar-refractivity contribution in [2.45, 2.75) is 20.0 Å². The second-order valence-electron chi connectivity index (χ2n) is 5.52. The predicted octanol–water partition coefficient (Wildman–Crippen LogP) is 1.84. The number of halogens is 1. The molecule has 0 unspecified atom stereocenters. The highest BCUT2D eigenvalue weighted by Crippen LogP contribution is 2.40. The molecule has 8 nitrogen and oxygen atoms in total. The highest BCUT2D eigenvalue weighted by Gasteiger charge is 2.26. The van der Waals surface area contributed by atoms with E-state index in [2.05, 4.69) is 0 Å². The van der Waals surface area contributed by atoms with E-state index >= 15 is 0 Å². The topological polar surface area (TPSA) is 117 Å². The lowest BCUT2D eigenvalue weighted by atomic mass is 10.1. The molecule has 0 radical (unpaired) electrons. The summed E-state index contributed by atoms with van der Waals surface area (Å²) < 4.78 is 15.5. The molecule has 3 amide bonds. The van der Waals surface area contributed by atoms with Crippen molar-refractivity contribution in [2.75, 3.05) is 6.79 Å². The smallest absolute Gasteiger partial charge is 0.331 e. The zero-order chi connectivity index (χ0) is 18.6. The average molecular weight is 369 g/mol. The Morgan fingerprint density at radius 3 is 2.68 bits per heavy atom. The first-order chi connectivity index (χ1) is 11.8. The standard InChI is InChI=1S/C16H17ClN2O6/c1-8(2)13(15(21)19-16(18)22)25-12(20)4-3-9-5-10(17)14-11(6-9)23-7-24-14/h3-6,8,13H,7H2,1-2H3,(H3,18,19,21,22)/b4-3+/t13-/m1/s1. The van der Waals surface area contributed by atoms with Crippen molar-refractivity contribution in [1.82, 2.24) is 5.32 Å². The van der Waals surface area contributed by atoms with Crippen molar-refractivity contribution >= 4 is 35.6 Å². The molecule has 1 atom stereocenters. The molecular formula is C16H17ClN2O6. The molecule has 9 heteroatoms. The number of imide groups is 1. The van der Waals surface area contributed by atoms with E-state index in [0.717, 1.165) is 6.08 Å². The van der Waals surface area contributed by atoms with Crippen molar-refractivity contribution in [3.05, 3.63) is 28.8 Å². The van der Waals surface area contributed by atoms with Crippen LogP contribution >= 0.6 is 11.6 Å². The molecule has 0 fully saturated rings. The summed E-state index contributed by atoms with van der Waals surface area (Å²) in [6.07, 6.45) is 1.45. The van der Waals surface area contributed by atoms with Gasteiger partial charge in [0.05, 0.1) is 5.02 Å². The lowest BCUT2D eigenvalue weighted by molar-refractivity contribution is -0.153. The number of rotatable bonds is 5. The molecule has 25 heavy (non-hydrogen) atoms. The van der Waals surface area contributed by atoms with E-state index in [1.54, 1.807) is 26.0 Å². The number of urea groups is 1. The number of esters is 1. The molecule has 1 aromatic rings. The van der Waals surface area contributed by atoms with Crippen molar-refractivity contribution in [3.63, 3.8) is 0 Å². The van der Waals surface area contributed by atoms with E-state index in [4.69, 9.17) is 31.5 Å². The minimum absolute atomic E-state index is 0.0787. The quantitative estimate of drug-likeness (QED) is 0.605. The van der Waals surface area contributed by atoms with Gasteiger partial charge in [0.1, 0.15) is 0 Å². The molecule has 3 N–H and O–H groups in total. The van der Waals surface area contributed by atoms with Gasteiger partial charge in [-0.3, -0.25) is 10.1 Å². The van der Waals surface area contributed by atoms with E-state index in [9.17, 15) is 14.4 Å². The molecule has 0 saturated carbocycles. The molecule has 0 aliphatic carbocycles. The Kier molecular flexibility index (Phi) is 5.87. The first kappa shape index (κ1) is 18.6. The third-order valence-corrected chi connectivity index (χ3v) is 3.50. The third-order valence-electron chi connectivity index (χ3n) is 3.21. The van der Waals surface area contributed by atoms with Gasteiger partial charge in [0.15, 0.2) is 17.6 Å². The number of carbonyl (C=O) groups excluding carboxylic acids is 3. The van der Waals surface area contributed by atoms with Crippen LogP contribution < -0.4 is 20.5 Å². The lowest BCUT2D eigenvalue weighted by Crippen LogP contribution is -2.45. The van der Waals surface area contributed by atoms with Crippen LogP contribution in [-0.2, 0) is 14.3 Å². The Balaban J connectivity index is 2.05. The van der Waals surface area contributed by atoms with E-state index < -0.39 is 24.0 Å². The molecule has 1 aliphatic rings. The summed E-state index contributed by atoms with van der Waals surface area (Å²) in [4.78, 5) is 34.5. The van der Waals surface area contributed by atoms with Gasteiger partial charge < -0.3 is 19.9 Å². The van der Waals surface area contributed by atoms with Crippen LogP contribution in [0.3, 0.4) is 0 Å². The first-order valence-corrected chi connectivity index (χ1v) is 7.74. The van der Waals surface area contributed by atoms with Crippen LogP contribution in [-0.4, -0.2) is 30.8 Å². The maximum absolute atomic E-state index is 11.9. The molecule has 1 aliphatic heterocycles. The number of carbonyl (C=O) groups is 3. The molecule has 0 bridgehead atoms. The Morgan fingerprint density at radius 1 is 1.32 bits per heavy atom. The normalized spacial score (nSPS) is 13.8. The number of primary amides is 1. The van der Waals surface area contributed by atoms with Gasteiger partial charge in [-0.25, -0.2) is 9.59 Å². The number of amides is 3. The first-order valence-electron chi connectivity index (χ1n) is 7.36. The average Bonchev–Trinajstić information content (AvgIpc) is 2.98. The van der Waals surface area contributed by atoms with Crippen LogP contribution in [0.2, 0.25) is 5.02 Å². The highest BCUT2D eigenvalue weighted by molar-refractivity contribution is 6.32. The van der Waals surface area contributed by atoms with Crippen LogP contribution in [0.4, 0.5) is 4.79 Å². The Morgan fingerprint density at radius 2 is 2.04 bits per heavy atom. The van der Waals surface area contributed by atoms with Crippen LogP contribution in [0.25, 0.3) is 6.08 Å². The van der Waals surface area contributed by atoms with Gasteiger partial charge in [0, 0.05) is 6.08 Å². The Hall–Kier alpha value is -2.74. The predicted molar refractivity (Wildman–Crippen MR) is 89.1 cm³/mol. The highest BCUT2D eigenvalue weighted by atomic mass is 35.5. The van der Waals surface area contributed by atoms with Gasteiger partial charge in [0.2, 0.25) is 6.79 Å². The van der Waals surface area contributed by atoms with Gasteiger partial charge in [-0.05, 0) is 29.7 Å². The number of hydrogen-bond acceptors (Lipinski definition) is 6. The number of fused-ring (bicyclic) bond motifs is 1. The Labute approximate surface area is 148 Å². The number of ether oxygens (including phenoxy) is 3. The van der Waals surface area contributed by atoms with Crippen LogP contribution in [0.5, 0.6) is 11.5 Å². The number of nitrogens with two attached hydrogens (primary N) is 1. The van der Waals surface area contributed by atoms with Gasteiger partial charge in [-0.2, -0.15) is 0 Å². The second-order valence-corrected chi connectivity index (χ2v) is 5.93. The summed E-state index contributed by atoms with van der Waals surface area (Å²) in [5.74, 6) is -0.968. The summed E-state index contributed by atoms with van der Waals surface area (Å²) in [6.45, 7) is 3.41. The minimum Gasteiger partial charge on any atom is -0.454 e. The fraction of sp³-hybridized carbons (Fsp3) is 0.312. The van der Waals surface area contributed by atoms with Gasteiger partial charge in [-0.15, -0.1) is 0 Å². The SMILES string of the molecule is CC(C)[C@@H](OC(=O)/C=C/c1cc(Cl)c2c(c1)OCO2)C(=O)NC(N)=O. The molecule has 2 rings (SSSR count). The van der Waals surface area contributed by atoms with Crippen LogP contribution in [0, 0.1) is 5.92 Å². The monoisotopic (exact) mass is 368 g/mol. The minimum atomic E-state index is -1.15. The lowest BCUT2D eigenvalue weighted by Gasteiger charge is -2.18. The number of benzene rings is 1. The third kappa shape index (κ3) is 4.87. The molecule has 134 valence electrons. The van der Waals surface area contributed by atoms with E-state index in [-0.39, 0.29) is 12.7 Å².